The summed E-state index contributed by atoms with van der Waals surface area (Å²) in [5, 5.41) is 3.27. The molecule has 2 aromatic rings. The predicted octanol–water partition coefficient (Wildman–Crippen LogP) is 3.04. The minimum Gasteiger partial charge on any atom is -0.462 e. The van der Waals surface area contributed by atoms with Crippen molar-refractivity contribution in [2.45, 2.75) is 19.6 Å². The van der Waals surface area contributed by atoms with Gasteiger partial charge in [-0.05, 0) is 31.7 Å². The molecule has 0 amide bonds. The van der Waals surface area contributed by atoms with Crippen LogP contribution in [0.4, 0.5) is 0 Å². The molecule has 3 nitrogen and oxygen atoms in total. The Morgan fingerprint density at radius 3 is 2.50 bits per heavy atom. The van der Waals surface area contributed by atoms with Gasteiger partial charge in [0.1, 0.15) is 18.1 Å². The number of hydrogen-bond acceptors (Lipinski definition) is 3. The van der Waals surface area contributed by atoms with Gasteiger partial charge in [-0.2, -0.15) is 0 Å². The minimum absolute atomic E-state index is 0.0798. The van der Waals surface area contributed by atoms with Gasteiger partial charge in [0.05, 0.1) is 6.04 Å². The predicted molar refractivity (Wildman–Crippen MR) is 71.5 cm³/mol. The maximum Gasteiger partial charge on any atom is 0.129 e. The fraction of sp³-hybridized carbons (Fsp3) is 0.333. The number of hydrogen-bond donors (Lipinski definition) is 1. The standard InChI is InChI=1S/C15H19NO2/c1-11-4-6-12(7-5-11)15(16-2)14-9-8-13(18-14)10-17-3/h4-9,15-16H,10H2,1-3H3. The molecule has 3 heteroatoms. The first-order chi connectivity index (χ1) is 8.74. The first-order valence-corrected chi connectivity index (χ1v) is 6.06. The normalized spacial score (nSPS) is 12.6. The summed E-state index contributed by atoms with van der Waals surface area (Å²) in [7, 11) is 3.60. The van der Waals surface area contributed by atoms with E-state index in [0.29, 0.717) is 6.61 Å². The van der Waals surface area contributed by atoms with Crippen LogP contribution in [0.3, 0.4) is 0 Å². The molecule has 1 aromatic heterocycles. The minimum atomic E-state index is 0.0798. The highest BCUT2D eigenvalue weighted by molar-refractivity contribution is 5.29. The Kier molecular flexibility index (Phi) is 4.18. The summed E-state index contributed by atoms with van der Waals surface area (Å²) >= 11 is 0. The second kappa shape index (κ2) is 5.85. The summed E-state index contributed by atoms with van der Waals surface area (Å²) in [5.74, 6) is 1.76. The molecule has 0 spiro atoms. The van der Waals surface area contributed by atoms with Gasteiger partial charge < -0.3 is 14.5 Å². The Hall–Kier alpha value is -1.58. The Bertz CT molecular complexity index is 487. The summed E-state index contributed by atoms with van der Waals surface area (Å²) in [5.41, 5.74) is 2.45. The van der Waals surface area contributed by atoms with Crippen LogP contribution in [0.15, 0.2) is 40.8 Å². The highest BCUT2D eigenvalue weighted by Gasteiger charge is 2.15. The summed E-state index contributed by atoms with van der Waals surface area (Å²) in [6, 6.07) is 12.5. The molecule has 1 unspecified atom stereocenters. The van der Waals surface area contributed by atoms with Crippen LogP contribution in [0.1, 0.15) is 28.7 Å². The quantitative estimate of drug-likeness (QED) is 0.879. The van der Waals surface area contributed by atoms with Gasteiger partial charge >= 0.3 is 0 Å². The average Bonchev–Trinajstić information content (AvgIpc) is 2.82. The fourth-order valence-electron chi connectivity index (χ4n) is 2.00. The zero-order valence-electron chi connectivity index (χ0n) is 11.1. The first kappa shape index (κ1) is 12.9. The monoisotopic (exact) mass is 245 g/mol. The van der Waals surface area contributed by atoms with Crippen molar-refractivity contribution in [2.24, 2.45) is 0 Å². The Morgan fingerprint density at radius 1 is 1.17 bits per heavy atom. The van der Waals surface area contributed by atoms with E-state index < -0.39 is 0 Å². The molecule has 1 N–H and O–H groups in total. The molecule has 0 bridgehead atoms. The second-order valence-corrected chi connectivity index (χ2v) is 4.37. The van der Waals surface area contributed by atoms with E-state index in [9.17, 15) is 0 Å². The van der Waals surface area contributed by atoms with Crippen molar-refractivity contribution in [1.29, 1.82) is 0 Å². The maximum atomic E-state index is 5.77. The van der Waals surface area contributed by atoms with Crippen molar-refractivity contribution < 1.29 is 9.15 Å². The molecule has 0 saturated carbocycles. The lowest BCUT2D eigenvalue weighted by atomic mass is 10.0. The van der Waals surface area contributed by atoms with Crippen LogP contribution in [0.25, 0.3) is 0 Å². The van der Waals surface area contributed by atoms with Crippen LogP contribution < -0.4 is 5.32 Å². The van der Waals surface area contributed by atoms with Crippen LogP contribution in [-0.2, 0) is 11.3 Å². The van der Waals surface area contributed by atoms with Crippen molar-refractivity contribution in [3.63, 3.8) is 0 Å². The Labute approximate surface area is 108 Å². The zero-order valence-corrected chi connectivity index (χ0v) is 11.1. The Balaban J connectivity index is 2.24. The molecule has 1 aromatic carbocycles. The smallest absolute Gasteiger partial charge is 0.129 e. The van der Waals surface area contributed by atoms with Crippen molar-refractivity contribution in [3.8, 4) is 0 Å². The van der Waals surface area contributed by atoms with Gasteiger partial charge in [0, 0.05) is 7.11 Å². The molecular weight excluding hydrogens is 226 g/mol. The zero-order chi connectivity index (χ0) is 13.0. The second-order valence-electron chi connectivity index (χ2n) is 4.37. The molecule has 18 heavy (non-hydrogen) atoms. The van der Waals surface area contributed by atoms with Gasteiger partial charge in [0.2, 0.25) is 0 Å². The number of benzene rings is 1. The van der Waals surface area contributed by atoms with E-state index in [-0.39, 0.29) is 6.04 Å². The molecule has 0 aliphatic heterocycles. The highest BCUT2D eigenvalue weighted by Crippen LogP contribution is 2.24. The van der Waals surface area contributed by atoms with E-state index in [0.717, 1.165) is 11.5 Å². The van der Waals surface area contributed by atoms with Crippen molar-refractivity contribution >= 4 is 0 Å². The molecule has 2 rings (SSSR count). The molecule has 0 fully saturated rings. The third-order valence-electron chi connectivity index (χ3n) is 2.95. The molecule has 0 radical (unpaired) electrons. The summed E-state index contributed by atoms with van der Waals surface area (Å²) in [4.78, 5) is 0. The van der Waals surface area contributed by atoms with Crippen molar-refractivity contribution in [2.75, 3.05) is 14.2 Å². The first-order valence-electron chi connectivity index (χ1n) is 6.06. The summed E-state index contributed by atoms with van der Waals surface area (Å²) < 4.78 is 10.8. The molecule has 0 saturated heterocycles. The van der Waals surface area contributed by atoms with E-state index in [1.165, 1.54) is 11.1 Å². The number of rotatable bonds is 5. The van der Waals surface area contributed by atoms with Gasteiger partial charge in [-0.3, -0.25) is 0 Å². The van der Waals surface area contributed by atoms with E-state index in [4.69, 9.17) is 9.15 Å². The van der Waals surface area contributed by atoms with Gasteiger partial charge in [-0.1, -0.05) is 29.8 Å². The van der Waals surface area contributed by atoms with E-state index in [1.807, 2.05) is 19.2 Å². The van der Waals surface area contributed by atoms with E-state index in [1.54, 1.807) is 7.11 Å². The molecule has 96 valence electrons. The molecule has 0 aliphatic carbocycles. The van der Waals surface area contributed by atoms with Gasteiger partial charge in [0.25, 0.3) is 0 Å². The lowest BCUT2D eigenvalue weighted by Crippen LogP contribution is -2.16. The topological polar surface area (TPSA) is 34.4 Å². The van der Waals surface area contributed by atoms with Crippen LogP contribution in [0.2, 0.25) is 0 Å². The number of nitrogens with one attached hydrogen (secondary N) is 1. The van der Waals surface area contributed by atoms with Crippen molar-refractivity contribution in [3.05, 3.63) is 59.0 Å². The van der Waals surface area contributed by atoms with Gasteiger partial charge in [0.15, 0.2) is 0 Å². The number of furan rings is 1. The molecule has 1 atom stereocenters. The third-order valence-corrected chi connectivity index (χ3v) is 2.95. The summed E-state index contributed by atoms with van der Waals surface area (Å²) in [6.45, 7) is 2.59. The van der Waals surface area contributed by atoms with E-state index in [2.05, 4.69) is 36.5 Å². The Morgan fingerprint density at radius 2 is 1.89 bits per heavy atom. The van der Waals surface area contributed by atoms with Gasteiger partial charge in [-0.25, -0.2) is 0 Å². The highest BCUT2D eigenvalue weighted by atomic mass is 16.5. The summed E-state index contributed by atoms with van der Waals surface area (Å²) in [6.07, 6.45) is 0. The lowest BCUT2D eigenvalue weighted by molar-refractivity contribution is 0.162. The van der Waals surface area contributed by atoms with Crippen LogP contribution >= 0.6 is 0 Å². The maximum absolute atomic E-state index is 5.77. The fourth-order valence-corrected chi connectivity index (χ4v) is 2.00. The number of methoxy groups -OCH3 is 1. The SMILES string of the molecule is CNC(c1ccc(C)cc1)c1ccc(COC)o1. The molecular formula is C15H19NO2. The van der Waals surface area contributed by atoms with Crippen LogP contribution in [0, 0.1) is 6.92 Å². The third kappa shape index (κ3) is 2.81. The van der Waals surface area contributed by atoms with Crippen LogP contribution in [-0.4, -0.2) is 14.2 Å². The number of ether oxygens (including phenoxy) is 1. The van der Waals surface area contributed by atoms with Gasteiger partial charge in [-0.15, -0.1) is 0 Å². The average molecular weight is 245 g/mol. The lowest BCUT2D eigenvalue weighted by Gasteiger charge is -2.14. The van der Waals surface area contributed by atoms with Crippen molar-refractivity contribution in [1.82, 2.24) is 5.32 Å². The largest absolute Gasteiger partial charge is 0.462 e. The molecule has 1 heterocycles. The number of aryl methyl sites for hydroxylation is 1. The van der Waals surface area contributed by atoms with Crippen LogP contribution in [0.5, 0.6) is 0 Å². The van der Waals surface area contributed by atoms with E-state index >= 15 is 0 Å². The molecule has 0 aliphatic rings.